The van der Waals surface area contributed by atoms with Gasteiger partial charge >= 0.3 is 0 Å². The van der Waals surface area contributed by atoms with Crippen LogP contribution in [0.1, 0.15) is 44.1 Å². The van der Waals surface area contributed by atoms with Crippen LogP contribution in [0.5, 0.6) is 0 Å². The minimum Gasteiger partial charge on any atom is -0.370 e. The summed E-state index contributed by atoms with van der Waals surface area (Å²) in [6.07, 6.45) is 8.65. The van der Waals surface area contributed by atoms with E-state index in [4.69, 9.17) is 7.85 Å². The van der Waals surface area contributed by atoms with Crippen molar-refractivity contribution in [3.05, 3.63) is 64.3 Å². The summed E-state index contributed by atoms with van der Waals surface area (Å²) in [5.41, 5.74) is 3.76. The molecule has 1 aliphatic heterocycles. The van der Waals surface area contributed by atoms with E-state index >= 15 is 0 Å². The maximum absolute atomic E-state index is 13.0. The number of carbonyl (C=O) groups is 1. The lowest BCUT2D eigenvalue weighted by Gasteiger charge is -2.40. The van der Waals surface area contributed by atoms with E-state index in [9.17, 15) is 14.9 Å². The fourth-order valence-corrected chi connectivity index (χ4v) is 5.71. The maximum Gasteiger partial charge on any atom is 0.269 e. The highest BCUT2D eigenvalue weighted by Crippen LogP contribution is 2.25. The lowest BCUT2D eigenvalue weighted by molar-refractivity contribution is -0.384. The predicted molar refractivity (Wildman–Crippen MR) is 143 cm³/mol. The Hall–Kier alpha value is -3.33. The van der Waals surface area contributed by atoms with Crippen LogP contribution in [0, 0.1) is 10.1 Å². The fourth-order valence-electron chi connectivity index (χ4n) is 5.71. The third kappa shape index (κ3) is 5.56. The molecule has 1 amide bonds. The van der Waals surface area contributed by atoms with E-state index in [1.165, 1.54) is 0 Å². The van der Waals surface area contributed by atoms with Gasteiger partial charge in [0.1, 0.15) is 7.85 Å². The maximum atomic E-state index is 13.0. The van der Waals surface area contributed by atoms with Crippen molar-refractivity contribution in [2.75, 3.05) is 18.0 Å². The van der Waals surface area contributed by atoms with Gasteiger partial charge in [0.05, 0.1) is 11.3 Å². The van der Waals surface area contributed by atoms with Crippen LogP contribution in [0.3, 0.4) is 0 Å². The number of aromatic nitrogens is 1. The topological polar surface area (TPSA) is 103 Å². The van der Waals surface area contributed by atoms with Gasteiger partial charge in [0, 0.05) is 66.1 Å². The number of nitro groups is 1. The number of rotatable bonds is 7. The Morgan fingerprint density at radius 3 is 2.64 bits per heavy atom. The van der Waals surface area contributed by atoms with Gasteiger partial charge in [-0.1, -0.05) is 30.4 Å². The first-order chi connectivity index (χ1) is 17.5. The zero-order chi connectivity index (χ0) is 25.1. The number of nitro benzene ring substituents is 1. The average molecular weight is 485 g/mol. The number of nitrogens with zero attached hydrogens (tertiary/aromatic N) is 2. The van der Waals surface area contributed by atoms with Crippen LogP contribution < -0.4 is 21.0 Å². The number of benzene rings is 2. The number of anilines is 1. The highest BCUT2D eigenvalue weighted by molar-refractivity contribution is 6.33. The van der Waals surface area contributed by atoms with Gasteiger partial charge in [-0.05, 0) is 49.4 Å². The van der Waals surface area contributed by atoms with Crippen LogP contribution in [0.15, 0.2) is 48.7 Å². The molecule has 1 saturated heterocycles. The van der Waals surface area contributed by atoms with Crippen molar-refractivity contribution in [1.82, 2.24) is 15.6 Å². The van der Waals surface area contributed by atoms with Gasteiger partial charge in [-0.15, -0.1) is 0 Å². The molecule has 8 nitrogen and oxygen atoms in total. The van der Waals surface area contributed by atoms with Crippen molar-refractivity contribution >= 4 is 41.5 Å². The van der Waals surface area contributed by atoms with Crippen molar-refractivity contribution < 1.29 is 9.72 Å². The van der Waals surface area contributed by atoms with E-state index in [1.54, 1.807) is 12.1 Å². The van der Waals surface area contributed by atoms with E-state index in [0.717, 1.165) is 73.8 Å². The minimum atomic E-state index is -0.365. The minimum absolute atomic E-state index is 0.0353. The van der Waals surface area contributed by atoms with Crippen molar-refractivity contribution in [1.29, 1.82) is 0 Å². The van der Waals surface area contributed by atoms with Gasteiger partial charge in [0.2, 0.25) is 5.91 Å². The number of hydrogen-bond donors (Lipinski definition) is 3. The highest BCUT2D eigenvalue weighted by atomic mass is 16.6. The zero-order valence-electron chi connectivity index (χ0n) is 20.4. The van der Waals surface area contributed by atoms with Crippen LogP contribution in [-0.4, -0.2) is 54.9 Å². The molecule has 36 heavy (non-hydrogen) atoms. The standard InChI is InChI=1S/C27H32BN5O3/c28-19-7-12-24-23(15-19)18(16-29-24)14-27(34)31-26-6-2-1-5-25(26)30-20-4-3-13-32(17-20)21-8-10-22(11-9-21)33(35)36/h7-12,15-16,20,25-26,29-30H,1-6,13-14,17H2,(H,31,34)/t20?,25-,26-/m1/s1. The summed E-state index contributed by atoms with van der Waals surface area (Å²) in [7, 11) is 5.95. The van der Waals surface area contributed by atoms with Crippen LogP contribution >= 0.6 is 0 Å². The number of nitrogens with one attached hydrogen (secondary N) is 3. The third-order valence-electron chi connectivity index (χ3n) is 7.55. The Morgan fingerprint density at radius 2 is 1.86 bits per heavy atom. The molecule has 186 valence electrons. The molecule has 1 saturated carbocycles. The molecule has 5 rings (SSSR count). The molecule has 2 heterocycles. The summed E-state index contributed by atoms with van der Waals surface area (Å²) in [6, 6.07) is 13.2. The monoisotopic (exact) mass is 485 g/mol. The predicted octanol–water partition coefficient (Wildman–Crippen LogP) is 3.10. The normalized spacial score (nSPS) is 22.4. The Bertz CT molecular complexity index is 1230. The molecule has 3 aromatic rings. The van der Waals surface area contributed by atoms with Gasteiger partial charge in [-0.3, -0.25) is 14.9 Å². The summed E-state index contributed by atoms with van der Waals surface area (Å²) in [4.78, 5) is 29.1. The van der Waals surface area contributed by atoms with E-state index in [2.05, 4.69) is 20.5 Å². The molecule has 0 spiro atoms. The number of amides is 1. The number of piperidine rings is 1. The number of H-pyrrole nitrogens is 1. The third-order valence-corrected chi connectivity index (χ3v) is 7.55. The first kappa shape index (κ1) is 24.4. The average Bonchev–Trinajstić information content (AvgIpc) is 3.27. The molecule has 3 N–H and O–H groups in total. The van der Waals surface area contributed by atoms with E-state index in [0.29, 0.717) is 17.9 Å². The smallest absolute Gasteiger partial charge is 0.269 e. The molecule has 9 heteroatoms. The molecule has 0 bridgehead atoms. The molecule has 2 aromatic carbocycles. The molecule has 3 atom stereocenters. The summed E-state index contributed by atoms with van der Waals surface area (Å²) in [5, 5.41) is 19.1. The Kier molecular flexibility index (Phi) is 7.27. The van der Waals surface area contributed by atoms with Gasteiger partial charge in [-0.2, -0.15) is 0 Å². The largest absolute Gasteiger partial charge is 0.370 e. The second-order valence-electron chi connectivity index (χ2n) is 10.1. The molecule has 2 radical (unpaired) electrons. The number of fused-ring (bicyclic) bond motifs is 1. The Balaban J connectivity index is 1.19. The van der Waals surface area contributed by atoms with E-state index < -0.39 is 0 Å². The van der Waals surface area contributed by atoms with Crippen LogP contribution in [0.4, 0.5) is 11.4 Å². The second kappa shape index (κ2) is 10.7. The zero-order valence-corrected chi connectivity index (χ0v) is 20.4. The number of non-ortho nitro benzene ring substituents is 1. The van der Waals surface area contributed by atoms with Gasteiger partial charge in [0.15, 0.2) is 0 Å². The van der Waals surface area contributed by atoms with Gasteiger partial charge < -0.3 is 20.5 Å². The molecule has 1 unspecified atom stereocenters. The van der Waals surface area contributed by atoms with Crippen LogP contribution in [0.2, 0.25) is 0 Å². The molecule has 2 fully saturated rings. The van der Waals surface area contributed by atoms with Crippen molar-refractivity contribution in [2.45, 2.75) is 63.1 Å². The summed E-state index contributed by atoms with van der Waals surface area (Å²) < 4.78 is 0. The number of aromatic amines is 1. The first-order valence-electron chi connectivity index (χ1n) is 12.9. The molecule has 1 aliphatic carbocycles. The lowest BCUT2D eigenvalue weighted by atomic mass is 9.88. The second-order valence-corrected chi connectivity index (χ2v) is 10.1. The summed E-state index contributed by atoms with van der Waals surface area (Å²) in [5.74, 6) is 0.0353. The van der Waals surface area contributed by atoms with Gasteiger partial charge in [0.25, 0.3) is 5.69 Å². The Labute approximate surface area is 212 Å². The molecule has 1 aromatic heterocycles. The van der Waals surface area contributed by atoms with E-state index in [-0.39, 0.29) is 28.6 Å². The van der Waals surface area contributed by atoms with Crippen LogP contribution in [0.25, 0.3) is 10.9 Å². The Morgan fingerprint density at radius 1 is 1.08 bits per heavy atom. The summed E-state index contributed by atoms with van der Waals surface area (Å²) >= 11 is 0. The van der Waals surface area contributed by atoms with Crippen molar-refractivity contribution in [3.8, 4) is 0 Å². The van der Waals surface area contributed by atoms with E-state index in [1.807, 2.05) is 36.5 Å². The highest BCUT2D eigenvalue weighted by Gasteiger charge is 2.30. The SMILES string of the molecule is [B]c1ccc2[nH]cc(CC(=O)N[C@@H]3CCCC[C@H]3NC3CCCN(c4ccc([N+](=O)[O-])cc4)C3)c2c1. The number of carbonyl (C=O) groups excluding carboxylic acids is 1. The lowest BCUT2D eigenvalue weighted by Crippen LogP contribution is -2.57. The first-order valence-corrected chi connectivity index (χ1v) is 12.9. The van der Waals surface area contributed by atoms with Gasteiger partial charge in [-0.25, -0.2) is 0 Å². The molecule has 2 aliphatic rings. The quantitative estimate of drug-likeness (QED) is 0.271. The molecular formula is C27H32BN5O3. The van der Waals surface area contributed by atoms with Crippen molar-refractivity contribution in [3.63, 3.8) is 0 Å². The number of hydrogen-bond acceptors (Lipinski definition) is 5. The van der Waals surface area contributed by atoms with Crippen molar-refractivity contribution in [2.24, 2.45) is 0 Å². The van der Waals surface area contributed by atoms with Crippen LogP contribution in [-0.2, 0) is 11.2 Å². The fraction of sp³-hybridized carbons (Fsp3) is 0.444. The molecular weight excluding hydrogens is 453 g/mol. The summed E-state index contributed by atoms with van der Waals surface area (Å²) in [6.45, 7) is 1.79.